The number of carbonyl (C=O) groups excluding carboxylic acids is 3. The van der Waals surface area contributed by atoms with E-state index >= 15 is 0 Å². The van der Waals surface area contributed by atoms with Crippen LogP contribution in [0.1, 0.15) is 20.3 Å². The average Bonchev–Trinajstić information content (AvgIpc) is 2.58. The fraction of sp³-hybridized carbons (Fsp3) is 0.438. The lowest BCUT2D eigenvalue weighted by molar-refractivity contribution is -0.145. The fourth-order valence-electron chi connectivity index (χ4n) is 1.53. The summed E-state index contributed by atoms with van der Waals surface area (Å²) < 4.78 is 9.87. The number of rotatable bonds is 8. The summed E-state index contributed by atoms with van der Waals surface area (Å²) in [5, 5.41) is 4.68. The van der Waals surface area contributed by atoms with Gasteiger partial charge in [0.1, 0.15) is 5.75 Å². The monoisotopic (exact) mass is 354 g/mol. The zero-order valence-electron chi connectivity index (χ0n) is 14.0. The highest BCUT2D eigenvalue weighted by atomic mass is 32.2. The number of esters is 1. The number of benzene rings is 1. The molecule has 1 atom stereocenters. The highest BCUT2D eigenvalue weighted by Gasteiger charge is 2.12. The van der Waals surface area contributed by atoms with Gasteiger partial charge < -0.3 is 14.8 Å². The Hall–Kier alpha value is -2.22. The molecule has 0 fully saturated rings. The second-order valence-corrected chi connectivity index (χ2v) is 6.00. The number of urea groups is 1. The van der Waals surface area contributed by atoms with E-state index in [-0.39, 0.29) is 11.8 Å². The molecule has 132 valence electrons. The Labute approximate surface area is 145 Å². The van der Waals surface area contributed by atoms with Gasteiger partial charge in [0.05, 0.1) is 12.9 Å². The highest BCUT2D eigenvalue weighted by Crippen LogP contribution is 2.21. The molecule has 24 heavy (non-hydrogen) atoms. The van der Waals surface area contributed by atoms with Crippen LogP contribution >= 0.6 is 11.8 Å². The van der Waals surface area contributed by atoms with E-state index in [4.69, 9.17) is 9.47 Å². The Kier molecular flexibility index (Phi) is 8.70. The number of thioether (sulfide) groups is 1. The number of ether oxygens (including phenoxy) is 2. The van der Waals surface area contributed by atoms with Gasteiger partial charge in [-0.2, -0.15) is 0 Å². The van der Waals surface area contributed by atoms with Crippen LogP contribution in [-0.4, -0.2) is 43.4 Å². The summed E-state index contributed by atoms with van der Waals surface area (Å²) in [6.07, 6.45) is 0.749. The standard InChI is InChI=1S/C16H22N2O5S/c1-4-11(2)17-16(21)18-14(19)9-23-15(20)10-24-13-7-5-12(22-3)6-8-13/h5-8,11H,4,9-10H2,1-3H3,(H2,17,18,19,21)/t11-/m1/s1. The van der Waals surface area contributed by atoms with E-state index in [2.05, 4.69) is 10.6 Å². The molecule has 0 bridgehead atoms. The van der Waals surface area contributed by atoms with E-state index < -0.39 is 24.5 Å². The molecule has 0 aliphatic heterocycles. The smallest absolute Gasteiger partial charge is 0.321 e. The van der Waals surface area contributed by atoms with Crippen molar-refractivity contribution in [3.8, 4) is 5.75 Å². The first-order valence-corrected chi connectivity index (χ1v) is 8.46. The van der Waals surface area contributed by atoms with Crippen molar-refractivity contribution in [2.24, 2.45) is 0 Å². The summed E-state index contributed by atoms with van der Waals surface area (Å²) in [6, 6.07) is 6.58. The van der Waals surface area contributed by atoms with Crippen LogP contribution in [0, 0.1) is 0 Å². The predicted molar refractivity (Wildman–Crippen MR) is 91.1 cm³/mol. The topological polar surface area (TPSA) is 93.7 Å². The lowest BCUT2D eigenvalue weighted by Crippen LogP contribution is -2.44. The van der Waals surface area contributed by atoms with Gasteiger partial charge in [-0.3, -0.25) is 14.9 Å². The number of methoxy groups -OCH3 is 1. The number of carbonyl (C=O) groups is 3. The molecule has 0 aliphatic carbocycles. The van der Waals surface area contributed by atoms with Crippen LogP contribution in [-0.2, 0) is 14.3 Å². The van der Waals surface area contributed by atoms with Gasteiger partial charge in [-0.05, 0) is 37.6 Å². The van der Waals surface area contributed by atoms with Crippen molar-refractivity contribution in [2.75, 3.05) is 19.5 Å². The van der Waals surface area contributed by atoms with E-state index in [0.717, 1.165) is 17.1 Å². The summed E-state index contributed by atoms with van der Waals surface area (Å²) >= 11 is 1.28. The summed E-state index contributed by atoms with van der Waals surface area (Å²) in [6.45, 7) is 3.24. The summed E-state index contributed by atoms with van der Waals surface area (Å²) in [5.41, 5.74) is 0. The van der Waals surface area contributed by atoms with E-state index in [1.165, 1.54) is 11.8 Å². The normalized spacial score (nSPS) is 11.3. The van der Waals surface area contributed by atoms with Crippen LogP contribution < -0.4 is 15.4 Å². The molecule has 0 aliphatic rings. The molecule has 1 aromatic rings. The minimum Gasteiger partial charge on any atom is -0.497 e. The minimum absolute atomic E-state index is 0.0405. The quantitative estimate of drug-likeness (QED) is 0.547. The minimum atomic E-state index is -0.668. The molecule has 8 heteroatoms. The van der Waals surface area contributed by atoms with Crippen molar-refractivity contribution in [3.63, 3.8) is 0 Å². The number of hydrogen-bond acceptors (Lipinski definition) is 6. The maximum absolute atomic E-state index is 11.6. The van der Waals surface area contributed by atoms with Gasteiger partial charge in [-0.25, -0.2) is 4.79 Å². The Morgan fingerprint density at radius 3 is 2.46 bits per heavy atom. The van der Waals surface area contributed by atoms with Crippen LogP contribution in [0.15, 0.2) is 29.2 Å². The van der Waals surface area contributed by atoms with E-state index in [1.54, 1.807) is 19.2 Å². The van der Waals surface area contributed by atoms with Crippen molar-refractivity contribution < 1.29 is 23.9 Å². The SMILES string of the molecule is CC[C@@H](C)NC(=O)NC(=O)COC(=O)CSc1ccc(OC)cc1. The first-order valence-electron chi connectivity index (χ1n) is 7.47. The van der Waals surface area contributed by atoms with E-state index in [1.807, 2.05) is 26.0 Å². The molecule has 7 nitrogen and oxygen atoms in total. The van der Waals surface area contributed by atoms with Gasteiger partial charge >= 0.3 is 12.0 Å². The predicted octanol–water partition coefficient (Wildman–Crippen LogP) is 1.95. The number of nitrogens with one attached hydrogen (secondary N) is 2. The fourth-order valence-corrected chi connectivity index (χ4v) is 2.22. The first kappa shape index (κ1) is 19.8. The molecule has 2 N–H and O–H groups in total. The Morgan fingerprint density at radius 1 is 1.21 bits per heavy atom. The molecule has 0 saturated heterocycles. The third kappa shape index (κ3) is 7.87. The summed E-state index contributed by atoms with van der Waals surface area (Å²) in [5.74, 6) is -0.403. The van der Waals surface area contributed by atoms with Crippen molar-refractivity contribution in [1.82, 2.24) is 10.6 Å². The van der Waals surface area contributed by atoms with Gasteiger partial charge in [0.2, 0.25) is 0 Å². The second-order valence-electron chi connectivity index (χ2n) is 4.96. The van der Waals surface area contributed by atoms with E-state index in [0.29, 0.717) is 0 Å². The van der Waals surface area contributed by atoms with Crippen LogP contribution in [0.25, 0.3) is 0 Å². The molecule has 0 spiro atoms. The third-order valence-electron chi connectivity index (χ3n) is 3.02. The molecule has 3 amide bonds. The molecular formula is C16H22N2O5S. The Bertz CT molecular complexity index is 562. The van der Waals surface area contributed by atoms with Crippen LogP contribution in [0.5, 0.6) is 5.75 Å². The Morgan fingerprint density at radius 2 is 1.88 bits per heavy atom. The van der Waals surface area contributed by atoms with Crippen molar-refractivity contribution in [2.45, 2.75) is 31.2 Å². The van der Waals surface area contributed by atoms with Gasteiger partial charge in [0.15, 0.2) is 6.61 Å². The highest BCUT2D eigenvalue weighted by molar-refractivity contribution is 8.00. The van der Waals surface area contributed by atoms with Crippen LogP contribution in [0.4, 0.5) is 4.79 Å². The van der Waals surface area contributed by atoms with Gasteiger partial charge in [0.25, 0.3) is 5.91 Å². The molecular weight excluding hydrogens is 332 g/mol. The second kappa shape index (κ2) is 10.5. The molecule has 0 unspecified atom stereocenters. The molecule has 0 heterocycles. The zero-order valence-corrected chi connectivity index (χ0v) is 14.8. The molecule has 1 rings (SSSR count). The van der Waals surface area contributed by atoms with Crippen LogP contribution in [0.3, 0.4) is 0 Å². The van der Waals surface area contributed by atoms with Gasteiger partial charge in [-0.1, -0.05) is 6.92 Å². The summed E-state index contributed by atoms with van der Waals surface area (Å²) in [4.78, 5) is 35.4. The summed E-state index contributed by atoms with van der Waals surface area (Å²) in [7, 11) is 1.58. The maximum Gasteiger partial charge on any atom is 0.321 e. The largest absolute Gasteiger partial charge is 0.497 e. The number of imide groups is 1. The van der Waals surface area contributed by atoms with Crippen molar-refractivity contribution in [1.29, 1.82) is 0 Å². The first-order chi connectivity index (χ1) is 11.4. The van der Waals surface area contributed by atoms with Gasteiger partial charge in [0, 0.05) is 10.9 Å². The lowest BCUT2D eigenvalue weighted by Gasteiger charge is -2.11. The van der Waals surface area contributed by atoms with Crippen molar-refractivity contribution >= 4 is 29.7 Å². The number of hydrogen-bond donors (Lipinski definition) is 2. The zero-order chi connectivity index (χ0) is 17.9. The molecule has 1 aromatic carbocycles. The molecule has 0 aromatic heterocycles. The van der Waals surface area contributed by atoms with Crippen LogP contribution in [0.2, 0.25) is 0 Å². The third-order valence-corrected chi connectivity index (χ3v) is 4.01. The Balaban J connectivity index is 2.25. The van der Waals surface area contributed by atoms with Crippen molar-refractivity contribution in [3.05, 3.63) is 24.3 Å². The maximum atomic E-state index is 11.6. The average molecular weight is 354 g/mol. The number of amides is 3. The van der Waals surface area contributed by atoms with Gasteiger partial charge in [-0.15, -0.1) is 11.8 Å². The van der Waals surface area contributed by atoms with E-state index in [9.17, 15) is 14.4 Å². The lowest BCUT2D eigenvalue weighted by atomic mass is 10.3. The molecule has 0 saturated carbocycles. The molecule has 0 radical (unpaired) electrons.